The molecule has 0 aliphatic carbocycles. The summed E-state index contributed by atoms with van der Waals surface area (Å²) in [5, 5.41) is 11.9. The van der Waals surface area contributed by atoms with E-state index in [1.165, 1.54) is 6.42 Å². The molecule has 1 atom stereocenters. The molecule has 1 spiro atoms. The van der Waals surface area contributed by atoms with Crippen molar-refractivity contribution >= 4 is 35.6 Å². The first-order chi connectivity index (χ1) is 11.3. The second-order valence-electron chi connectivity index (χ2n) is 6.42. The van der Waals surface area contributed by atoms with E-state index in [1.807, 2.05) is 35.8 Å². The standard InChI is InChI=1S/C16H22N6O.HI/c1-17-15(21-8-5-16(11-21)6-9-23-12-16)18-10-14-20-19-13-4-2-3-7-22(13)14;/h2-4,7H,5-6,8-12H2,1H3,(H,17,18);1H. The van der Waals surface area contributed by atoms with E-state index < -0.39 is 0 Å². The van der Waals surface area contributed by atoms with E-state index in [1.54, 1.807) is 0 Å². The Morgan fingerprint density at radius 2 is 2.29 bits per heavy atom. The second kappa shape index (κ2) is 7.22. The molecular formula is C16H23IN6O. The van der Waals surface area contributed by atoms with Gasteiger partial charge in [0.2, 0.25) is 0 Å². The van der Waals surface area contributed by atoms with E-state index >= 15 is 0 Å². The molecule has 1 N–H and O–H groups in total. The third kappa shape index (κ3) is 3.21. The lowest BCUT2D eigenvalue weighted by molar-refractivity contribution is 0.156. The van der Waals surface area contributed by atoms with E-state index in [0.29, 0.717) is 12.0 Å². The third-order valence-electron chi connectivity index (χ3n) is 4.92. The predicted octanol–water partition coefficient (Wildman–Crippen LogP) is 1.54. The molecule has 1 unspecified atom stereocenters. The van der Waals surface area contributed by atoms with E-state index in [9.17, 15) is 0 Å². The number of halogens is 1. The summed E-state index contributed by atoms with van der Waals surface area (Å²) in [5.74, 6) is 1.82. The Bertz CT molecular complexity index is 724. The average Bonchev–Trinajstić information content (AvgIpc) is 3.30. The lowest BCUT2D eigenvalue weighted by atomic mass is 9.87. The number of aliphatic imine (C=N–C) groups is 1. The molecule has 2 aromatic rings. The van der Waals surface area contributed by atoms with Crippen LogP contribution >= 0.6 is 24.0 Å². The highest BCUT2D eigenvalue weighted by molar-refractivity contribution is 14.0. The number of rotatable bonds is 2. The molecule has 0 radical (unpaired) electrons. The molecule has 2 fully saturated rings. The molecule has 24 heavy (non-hydrogen) atoms. The summed E-state index contributed by atoms with van der Waals surface area (Å²) in [5.41, 5.74) is 1.20. The summed E-state index contributed by atoms with van der Waals surface area (Å²) in [6.07, 6.45) is 4.33. The second-order valence-corrected chi connectivity index (χ2v) is 6.42. The smallest absolute Gasteiger partial charge is 0.194 e. The first kappa shape index (κ1) is 17.4. The van der Waals surface area contributed by atoms with Gasteiger partial charge >= 0.3 is 0 Å². The number of ether oxygens (including phenoxy) is 1. The summed E-state index contributed by atoms with van der Waals surface area (Å²) in [7, 11) is 1.83. The molecule has 0 saturated carbocycles. The van der Waals surface area contributed by atoms with Crippen LogP contribution in [0.3, 0.4) is 0 Å². The van der Waals surface area contributed by atoms with Gasteiger partial charge in [0.15, 0.2) is 17.4 Å². The zero-order valence-electron chi connectivity index (χ0n) is 13.8. The average molecular weight is 442 g/mol. The maximum Gasteiger partial charge on any atom is 0.194 e. The number of likely N-dealkylation sites (tertiary alicyclic amines) is 1. The Morgan fingerprint density at radius 3 is 3.08 bits per heavy atom. The summed E-state index contributed by atoms with van der Waals surface area (Å²) in [4.78, 5) is 6.77. The van der Waals surface area contributed by atoms with Gasteiger partial charge in [-0.05, 0) is 25.0 Å². The van der Waals surface area contributed by atoms with Crippen LogP contribution in [0.5, 0.6) is 0 Å². The molecule has 4 rings (SSSR count). The number of pyridine rings is 1. The quantitative estimate of drug-likeness (QED) is 0.434. The normalized spacial score (nSPS) is 23.9. The lowest BCUT2D eigenvalue weighted by Gasteiger charge is -2.24. The first-order valence-corrected chi connectivity index (χ1v) is 8.12. The summed E-state index contributed by atoms with van der Waals surface area (Å²) in [6, 6.07) is 5.90. The van der Waals surface area contributed by atoms with Crippen molar-refractivity contribution in [2.24, 2.45) is 10.4 Å². The van der Waals surface area contributed by atoms with Gasteiger partial charge in [-0.2, -0.15) is 0 Å². The Hall–Kier alpha value is -1.42. The fourth-order valence-electron chi connectivity index (χ4n) is 3.59. The zero-order chi connectivity index (χ0) is 15.7. The minimum absolute atomic E-state index is 0. The van der Waals surface area contributed by atoms with Crippen molar-refractivity contribution in [2.45, 2.75) is 19.4 Å². The highest BCUT2D eigenvalue weighted by Gasteiger charge is 2.42. The number of nitrogens with one attached hydrogen (secondary N) is 1. The van der Waals surface area contributed by atoms with Gasteiger partial charge < -0.3 is 15.0 Å². The molecular weight excluding hydrogens is 419 g/mol. The maximum atomic E-state index is 5.60. The molecule has 7 nitrogen and oxygen atoms in total. The van der Waals surface area contributed by atoms with Crippen molar-refractivity contribution in [2.75, 3.05) is 33.4 Å². The molecule has 130 valence electrons. The van der Waals surface area contributed by atoms with E-state index in [0.717, 1.165) is 50.2 Å². The van der Waals surface area contributed by atoms with Crippen molar-refractivity contribution in [3.8, 4) is 0 Å². The van der Waals surface area contributed by atoms with Crippen LogP contribution in [-0.2, 0) is 11.3 Å². The Kier molecular flexibility index (Phi) is 5.24. The Labute approximate surface area is 158 Å². The number of fused-ring (bicyclic) bond motifs is 1. The first-order valence-electron chi connectivity index (χ1n) is 8.12. The molecule has 2 aliphatic rings. The van der Waals surface area contributed by atoms with Crippen LogP contribution in [-0.4, -0.2) is 58.8 Å². The van der Waals surface area contributed by atoms with Crippen LogP contribution < -0.4 is 5.32 Å². The van der Waals surface area contributed by atoms with Crippen LogP contribution in [0.2, 0.25) is 0 Å². The largest absolute Gasteiger partial charge is 0.381 e. The fraction of sp³-hybridized carbons (Fsp3) is 0.562. The molecule has 2 aliphatic heterocycles. The van der Waals surface area contributed by atoms with Crippen molar-refractivity contribution in [3.63, 3.8) is 0 Å². The van der Waals surface area contributed by atoms with Gasteiger partial charge in [0.05, 0.1) is 13.2 Å². The number of hydrogen-bond acceptors (Lipinski definition) is 4. The van der Waals surface area contributed by atoms with Gasteiger partial charge in [0.1, 0.15) is 0 Å². The van der Waals surface area contributed by atoms with E-state index in [-0.39, 0.29) is 24.0 Å². The van der Waals surface area contributed by atoms with Crippen LogP contribution in [0, 0.1) is 5.41 Å². The topological polar surface area (TPSA) is 67.0 Å². The summed E-state index contributed by atoms with van der Waals surface area (Å²) >= 11 is 0. The summed E-state index contributed by atoms with van der Waals surface area (Å²) < 4.78 is 7.60. The lowest BCUT2D eigenvalue weighted by Crippen LogP contribution is -2.41. The van der Waals surface area contributed by atoms with E-state index in [4.69, 9.17) is 4.74 Å². The van der Waals surface area contributed by atoms with Gasteiger partial charge in [0.25, 0.3) is 0 Å². The highest BCUT2D eigenvalue weighted by Crippen LogP contribution is 2.38. The third-order valence-corrected chi connectivity index (χ3v) is 4.92. The Morgan fingerprint density at radius 1 is 1.38 bits per heavy atom. The monoisotopic (exact) mass is 442 g/mol. The van der Waals surface area contributed by atoms with Crippen molar-refractivity contribution in [1.29, 1.82) is 0 Å². The Balaban J connectivity index is 0.00000169. The number of guanidine groups is 1. The molecule has 8 heteroatoms. The van der Waals surface area contributed by atoms with Gasteiger partial charge in [-0.1, -0.05) is 6.07 Å². The molecule has 2 aromatic heterocycles. The van der Waals surface area contributed by atoms with Crippen molar-refractivity contribution < 1.29 is 4.74 Å². The summed E-state index contributed by atoms with van der Waals surface area (Å²) in [6.45, 7) is 4.44. The number of nitrogens with zero attached hydrogens (tertiary/aromatic N) is 5. The van der Waals surface area contributed by atoms with Gasteiger partial charge in [-0.25, -0.2) is 0 Å². The maximum absolute atomic E-state index is 5.60. The minimum atomic E-state index is 0. The van der Waals surface area contributed by atoms with Crippen molar-refractivity contribution in [3.05, 3.63) is 30.2 Å². The van der Waals surface area contributed by atoms with Crippen molar-refractivity contribution in [1.82, 2.24) is 24.8 Å². The molecule has 0 bridgehead atoms. The van der Waals surface area contributed by atoms with Crippen LogP contribution in [0.15, 0.2) is 29.4 Å². The van der Waals surface area contributed by atoms with Crippen LogP contribution in [0.1, 0.15) is 18.7 Å². The fourth-order valence-corrected chi connectivity index (χ4v) is 3.59. The van der Waals surface area contributed by atoms with Gasteiger partial charge in [0, 0.05) is 38.4 Å². The van der Waals surface area contributed by atoms with Gasteiger partial charge in [-0.3, -0.25) is 9.39 Å². The number of aromatic nitrogens is 3. The zero-order valence-corrected chi connectivity index (χ0v) is 16.1. The van der Waals surface area contributed by atoms with Crippen LogP contribution in [0.4, 0.5) is 0 Å². The van der Waals surface area contributed by atoms with Crippen LogP contribution in [0.25, 0.3) is 5.65 Å². The molecule has 4 heterocycles. The number of hydrogen-bond donors (Lipinski definition) is 1. The minimum Gasteiger partial charge on any atom is -0.381 e. The van der Waals surface area contributed by atoms with Gasteiger partial charge in [-0.15, -0.1) is 34.2 Å². The highest BCUT2D eigenvalue weighted by atomic mass is 127. The molecule has 2 saturated heterocycles. The van der Waals surface area contributed by atoms with E-state index in [2.05, 4.69) is 25.4 Å². The predicted molar refractivity (Wildman–Crippen MR) is 103 cm³/mol. The molecule has 0 amide bonds. The molecule has 0 aromatic carbocycles. The SMILES string of the molecule is CN=C(NCc1nnc2ccccn12)N1CCC2(CCOC2)C1.I.